The maximum atomic E-state index is 13.9. The summed E-state index contributed by atoms with van der Waals surface area (Å²) in [6, 6.07) is 14.8. The highest BCUT2D eigenvalue weighted by atomic mass is 35.5. The van der Waals surface area contributed by atoms with Crippen molar-refractivity contribution >= 4 is 40.3 Å². The van der Waals surface area contributed by atoms with Gasteiger partial charge in [0, 0.05) is 27.7 Å². The molecule has 0 saturated heterocycles. The summed E-state index contributed by atoms with van der Waals surface area (Å²) >= 11 is 7.42. The number of nitrogens with zero attached hydrogens (tertiary/aromatic N) is 5. The van der Waals surface area contributed by atoms with Crippen molar-refractivity contribution in [3.63, 3.8) is 0 Å². The second-order valence-electron chi connectivity index (χ2n) is 8.36. The molecule has 0 unspecified atom stereocenters. The van der Waals surface area contributed by atoms with Crippen LogP contribution in [0.3, 0.4) is 0 Å². The number of carbonyl (C=O) groups excluding carboxylic acids is 1. The summed E-state index contributed by atoms with van der Waals surface area (Å²) in [6.07, 6.45) is -3.93. The number of halogens is 4. The van der Waals surface area contributed by atoms with Crippen LogP contribution in [0.15, 0.2) is 54.6 Å². The zero-order valence-electron chi connectivity index (χ0n) is 19.7. The number of rotatable bonds is 6. The van der Waals surface area contributed by atoms with Gasteiger partial charge in [0.05, 0.1) is 17.1 Å². The molecule has 0 aliphatic rings. The molecule has 190 valence electrons. The molecule has 0 bridgehead atoms. The number of amides is 1. The summed E-state index contributed by atoms with van der Waals surface area (Å²) < 4.78 is 44.0. The second kappa shape index (κ2) is 9.64. The molecule has 5 aromatic rings. The Bertz CT molecular complexity index is 1620. The first-order chi connectivity index (χ1) is 17.6. The van der Waals surface area contributed by atoms with E-state index in [1.54, 1.807) is 22.9 Å². The van der Waals surface area contributed by atoms with Crippen molar-refractivity contribution in [3.8, 4) is 10.6 Å². The Kier molecular flexibility index (Phi) is 6.50. The van der Waals surface area contributed by atoms with Gasteiger partial charge in [0.1, 0.15) is 0 Å². The van der Waals surface area contributed by atoms with E-state index in [0.717, 1.165) is 28.6 Å². The first kappa shape index (κ1) is 25.0. The molecule has 1 amide bonds. The minimum absolute atomic E-state index is 0.0795. The SMILES string of the molecule is CCc1ccc(-c2cc(C(F)(F)F)n3nc(C(=O)Nc4cc(C)n(Cc5cccc(Cl)c5)n4)cc3n2)s1. The summed E-state index contributed by atoms with van der Waals surface area (Å²) in [5, 5.41) is 11.5. The van der Waals surface area contributed by atoms with Crippen molar-refractivity contribution in [2.75, 3.05) is 5.32 Å². The molecule has 1 N–H and O–H groups in total. The van der Waals surface area contributed by atoms with E-state index in [2.05, 4.69) is 20.5 Å². The minimum Gasteiger partial charge on any atom is -0.304 e. The monoisotopic (exact) mass is 544 g/mol. The van der Waals surface area contributed by atoms with Crippen LogP contribution in [0.1, 0.15) is 39.2 Å². The molecule has 0 radical (unpaired) electrons. The van der Waals surface area contributed by atoms with E-state index in [9.17, 15) is 18.0 Å². The molecule has 0 spiro atoms. The molecule has 0 fully saturated rings. The lowest BCUT2D eigenvalue weighted by molar-refractivity contribution is -0.142. The normalized spacial score (nSPS) is 11.8. The van der Waals surface area contributed by atoms with Crippen molar-refractivity contribution < 1.29 is 18.0 Å². The topological polar surface area (TPSA) is 77.1 Å². The summed E-state index contributed by atoms with van der Waals surface area (Å²) in [4.78, 5) is 18.9. The first-order valence-electron chi connectivity index (χ1n) is 11.3. The van der Waals surface area contributed by atoms with Crippen LogP contribution in [0.5, 0.6) is 0 Å². The Morgan fingerprint density at radius 3 is 2.62 bits per heavy atom. The smallest absolute Gasteiger partial charge is 0.304 e. The number of aromatic nitrogens is 5. The Morgan fingerprint density at radius 2 is 1.92 bits per heavy atom. The second-order valence-corrected chi connectivity index (χ2v) is 9.96. The molecule has 7 nitrogen and oxygen atoms in total. The molecule has 5 rings (SSSR count). The van der Waals surface area contributed by atoms with Crippen LogP contribution < -0.4 is 5.32 Å². The third-order valence-corrected chi connectivity index (χ3v) is 7.14. The van der Waals surface area contributed by atoms with E-state index in [4.69, 9.17) is 11.6 Å². The quantitative estimate of drug-likeness (QED) is 0.265. The predicted octanol–water partition coefficient (Wildman–Crippen LogP) is 6.50. The lowest BCUT2D eigenvalue weighted by Gasteiger charge is -2.10. The molecule has 0 aliphatic carbocycles. The van der Waals surface area contributed by atoms with Gasteiger partial charge in [0.2, 0.25) is 0 Å². The summed E-state index contributed by atoms with van der Waals surface area (Å²) in [5.41, 5.74) is 0.571. The van der Waals surface area contributed by atoms with Gasteiger partial charge in [-0.2, -0.15) is 23.4 Å². The molecule has 0 atom stereocenters. The van der Waals surface area contributed by atoms with E-state index in [1.807, 2.05) is 38.1 Å². The molecule has 12 heteroatoms. The van der Waals surface area contributed by atoms with Crippen LogP contribution in [0.4, 0.5) is 19.0 Å². The number of fused-ring (bicyclic) bond motifs is 1. The lowest BCUT2D eigenvalue weighted by Crippen LogP contribution is -2.16. The highest BCUT2D eigenvalue weighted by Crippen LogP contribution is 2.34. The van der Waals surface area contributed by atoms with Crippen molar-refractivity contribution in [2.45, 2.75) is 33.0 Å². The van der Waals surface area contributed by atoms with Crippen molar-refractivity contribution in [2.24, 2.45) is 0 Å². The van der Waals surface area contributed by atoms with Gasteiger partial charge in [-0.25, -0.2) is 9.50 Å². The van der Waals surface area contributed by atoms with Gasteiger partial charge in [-0.1, -0.05) is 30.7 Å². The van der Waals surface area contributed by atoms with Gasteiger partial charge in [-0.3, -0.25) is 9.48 Å². The van der Waals surface area contributed by atoms with E-state index in [0.29, 0.717) is 21.0 Å². The molecule has 0 aliphatic heterocycles. The van der Waals surface area contributed by atoms with Crippen LogP contribution in [0.25, 0.3) is 16.2 Å². The Balaban J connectivity index is 1.44. The van der Waals surface area contributed by atoms with E-state index in [-0.39, 0.29) is 22.9 Å². The van der Waals surface area contributed by atoms with Crippen LogP contribution in [0.2, 0.25) is 5.02 Å². The maximum Gasteiger partial charge on any atom is 0.433 e. The predicted molar refractivity (Wildman–Crippen MR) is 136 cm³/mol. The molecule has 4 aromatic heterocycles. The highest BCUT2D eigenvalue weighted by Gasteiger charge is 2.36. The Morgan fingerprint density at radius 1 is 1.11 bits per heavy atom. The number of aryl methyl sites for hydroxylation is 2. The van der Waals surface area contributed by atoms with E-state index < -0.39 is 17.8 Å². The van der Waals surface area contributed by atoms with Crippen LogP contribution in [-0.2, 0) is 19.1 Å². The molecule has 4 heterocycles. The third kappa shape index (κ3) is 5.23. The van der Waals surface area contributed by atoms with Gasteiger partial charge in [-0.05, 0) is 49.2 Å². The molecule has 0 saturated carbocycles. The average molecular weight is 545 g/mol. The third-order valence-electron chi connectivity index (χ3n) is 5.66. The lowest BCUT2D eigenvalue weighted by atomic mass is 10.2. The summed E-state index contributed by atoms with van der Waals surface area (Å²) in [6.45, 7) is 4.23. The fraction of sp³-hybridized carbons (Fsp3) is 0.200. The standard InChI is InChI=1S/C25H20ClF3N6OS/c1-3-17-7-8-20(37-17)18-11-21(25(27,28)29)35-23(30-18)12-19(32-35)24(36)31-22-9-14(2)34(33-22)13-15-5-4-6-16(26)10-15/h4-12H,3,13H2,1-2H3,(H,31,33,36). The van der Waals surface area contributed by atoms with Crippen molar-refractivity contribution in [3.05, 3.63) is 87.1 Å². The molecule has 37 heavy (non-hydrogen) atoms. The zero-order valence-corrected chi connectivity index (χ0v) is 21.2. The zero-order chi connectivity index (χ0) is 26.3. The van der Waals surface area contributed by atoms with Gasteiger partial charge in [0.25, 0.3) is 5.91 Å². The number of carbonyl (C=O) groups is 1. The van der Waals surface area contributed by atoms with Gasteiger partial charge >= 0.3 is 6.18 Å². The summed E-state index contributed by atoms with van der Waals surface area (Å²) in [5.74, 6) is -0.450. The average Bonchev–Trinajstić information content (AvgIpc) is 3.56. The molecular weight excluding hydrogens is 525 g/mol. The molecular formula is C25H20ClF3N6OS. The van der Waals surface area contributed by atoms with Crippen LogP contribution >= 0.6 is 22.9 Å². The molecule has 1 aromatic carbocycles. The van der Waals surface area contributed by atoms with E-state index >= 15 is 0 Å². The van der Waals surface area contributed by atoms with Crippen LogP contribution in [-0.4, -0.2) is 30.3 Å². The fourth-order valence-corrected chi connectivity index (χ4v) is 4.96. The minimum atomic E-state index is -4.70. The largest absolute Gasteiger partial charge is 0.433 e. The fourth-order valence-electron chi connectivity index (χ4n) is 3.84. The number of thiophene rings is 1. The Hall–Kier alpha value is -3.70. The first-order valence-corrected chi connectivity index (χ1v) is 12.5. The van der Waals surface area contributed by atoms with Crippen molar-refractivity contribution in [1.82, 2.24) is 24.4 Å². The van der Waals surface area contributed by atoms with Gasteiger partial charge < -0.3 is 5.32 Å². The number of hydrogen-bond donors (Lipinski definition) is 1. The van der Waals surface area contributed by atoms with Gasteiger partial charge in [-0.15, -0.1) is 11.3 Å². The van der Waals surface area contributed by atoms with Gasteiger partial charge in [0.15, 0.2) is 22.9 Å². The maximum absolute atomic E-state index is 13.9. The Labute approximate surface area is 218 Å². The number of hydrogen-bond acceptors (Lipinski definition) is 5. The number of nitrogens with one attached hydrogen (secondary N) is 1. The number of alkyl halides is 3. The number of anilines is 1. The van der Waals surface area contributed by atoms with E-state index in [1.165, 1.54) is 17.4 Å². The summed E-state index contributed by atoms with van der Waals surface area (Å²) in [7, 11) is 0. The van der Waals surface area contributed by atoms with Crippen LogP contribution in [0, 0.1) is 6.92 Å². The highest BCUT2D eigenvalue weighted by molar-refractivity contribution is 7.15. The van der Waals surface area contributed by atoms with Crippen molar-refractivity contribution in [1.29, 1.82) is 0 Å². The number of benzene rings is 1.